The van der Waals surface area contributed by atoms with E-state index in [4.69, 9.17) is 10.2 Å². The third kappa shape index (κ3) is 2.40. The molecule has 7 heteroatoms. The Morgan fingerprint density at radius 3 is 2.89 bits per heavy atom. The summed E-state index contributed by atoms with van der Waals surface area (Å²) in [5.41, 5.74) is 6.15. The van der Waals surface area contributed by atoms with E-state index in [1.165, 1.54) is 12.1 Å². The molecule has 0 aliphatic rings. The first kappa shape index (κ1) is 12.3. The monoisotopic (exact) mass is 250 g/mol. The van der Waals surface area contributed by atoms with E-state index in [1.807, 2.05) is 13.8 Å². The summed E-state index contributed by atoms with van der Waals surface area (Å²) in [7, 11) is 0. The zero-order chi connectivity index (χ0) is 13.3. The normalized spacial score (nSPS) is 11.7. The van der Waals surface area contributed by atoms with E-state index in [2.05, 4.69) is 10.3 Å². The van der Waals surface area contributed by atoms with Gasteiger partial charge in [0.1, 0.15) is 5.52 Å². The fourth-order valence-electron chi connectivity index (χ4n) is 1.42. The van der Waals surface area contributed by atoms with Crippen LogP contribution in [0.25, 0.3) is 11.1 Å². The van der Waals surface area contributed by atoms with Gasteiger partial charge in [0.2, 0.25) is 0 Å². The van der Waals surface area contributed by atoms with Crippen molar-refractivity contribution in [2.45, 2.75) is 19.4 Å². The number of nitrogens with zero attached hydrogens (tertiary/aromatic N) is 2. The Morgan fingerprint density at radius 1 is 1.56 bits per heavy atom. The molecule has 3 N–H and O–H groups in total. The summed E-state index contributed by atoms with van der Waals surface area (Å²) in [5, 5.41) is 13.7. The van der Waals surface area contributed by atoms with Crippen LogP contribution >= 0.6 is 0 Å². The van der Waals surface area contributed by atoms with E-state index < -0.39 is 4.92 Å². The molecule has 1 aromatic heterocycles. The van der Waals surface area contributed by atoms with Gasteiger partial charge in [-0.15, -0.1) is 0 Å². The maximum Gasteiger partial charge on any atom is 0.296 e. The Balaban J connectivity index is 2.35. The lowest BCUT2D eigenvalue weighted by molar-refractivity contribution is -0.384. The van der Waals surface area contributed by atoms with Gasteiger partial charge in [-0.3, -0.25) is 10.1 Å². The van der Waals surface area contributed by atoms with Crippen LogP contribution in [0.2, 0.25) is 0 Å². The van der Waals surface area contributed by atoms with Crippen molar-refractivity contribution in [3.05, 3.63) is 28.3 Å². The predicted molar refractivity (Wildman–Crippen MR) is 67.4 cm³/mol. The van der Waals surface area contributed by atoms with Crippen LogP contribution in [-0.4, -0.2) is 22.0 Å². The van der Waals surface area contributed by atoms with Crippen LogP contribution < -0.4 is 11.1 Å². The van der Waals surface area contributed by atoms with Crippen molar-refractivity contribution in [1.82, 2.24) is 4.98 Å². The number of rotatable bonds is 4. The van der Waals surface area contributed by atoms with E-state index in [0.29, 0.717) is 23.7 Å². The summed E-state index contributed by atoms with van der Waals surface area (Å²) in [6.07, 6.45) is 0. The van der Waals surface area contributed by atoms with Crippen LogP contribution in [-0.2, 0) is 0 Å². The second-order valence-electron chi connectivity index (χ2n) is 4.64. The highest BCUT2D eigenvalue weighted by Gasteiger charge is 2.19. The van der Waals surface area contributed by atoms with Crippen molar-refractivity contribution in [3.8, 4) is 0 Å². The zero-order valence-corrected chi connectivity index (χ0v) is 10.1. The van der Waals surface area contributed by atoms with Crippen molar-refractivity contribution in [2.24, 2.45) is 5.73 Å². The molecule has 0 fully saturated rings. The molecule has 0 unspecified atom stereocenters. The third-order valence-electron chi connectivity index (χ3n) is 2.54. The minimum atomic E-state index is -0.473. The highest BCUT2D eigenvalue weighted by atomic mass is 16.6. The molecule has 0 spiro atoms. The second kappa shape index (κ2) is 4.26. The zero-order valence-electron chi connectivity index (χ0n) is 10.1. The van der Waals surface area contributed by atoms with E-state index in [1.54, 1.807) is 6.07 Å². The number of aromatic nitrogens is 1. The lowest BCUT2D eigenvalue weighted by Crippen LogP contribution is -2.39. The highest BCUT2D eigenvalue weighted by Crippen LogP contribution is 2.24. The summed E-state index contributed by atoms with van der Waals surface area (Å²) in [6, 6.07) is 4.60. The van der Waals surface area contributed by atoms with Gasteiger partial charge in [-0.25, -0.2) is 0 Å². The number of nitro benzene ring substituents is 1. The van der Waals surface area contributed by atoms with Crippen molar-refractivity contribution in [3.63, 3.8) is 0 Å². The Bertz CT molecular complexity index is 591. The Kier molecular flexibility index (Phi) is 2.92. The Hall–Kier alpha value is -2.15. The maximum atomic E-state index is 10.6. The number of non-ortho nitro benzene ring substituents is 1. The van der Waals surface area contributed by atoms with Crippen molar-refractivity contribution < 1.29 is 9.34 Å². The molecule has 0 radical (unpaired) electrons. The fraction of sp³-hybridized carbons (Fsp3) is 0.364. The van der Waals surface area contributed by atoms with Crippen molar-refractivity contribution in [2.75, 3.05) is 11.9 Å². The lowest BCUT2D eigenvalue weighted by atomic mass is 10.1. The first-order chi connectivity index (χ1) is 8.41. The molecule has 18 heavy (non-hydrogen) atoms. The maximum absolute atomic E-state index is 10.6. The van der Waals surface area contributed by atoms with E-state index in [0.717, 1.165) is 0 Å². The molecule has 0 saturated heterocycles. The molecule has 96 valence electrons. The number of hydrogen-bond acceptors (Lipinski definition) is 6. The van der Waals surface area contributed by atoms with E-state index in [-0.39, 0.29) is 11.2 Å². The molecule has 0 amide bonds. The standard InChI is InChI=1S/C11H14N4O3/c1-11(2,6-12)14-10-13-8-4-3-7(15(16)17)5-9(8)18-10/h3-5H,6,12H2,1-2H3,(H,13,14). The number of anilines is 1. The molecule has 0 bridgehead atoms. The van der Waals surface area contributed by atoms with Gasteiger partial charge in [0, 0.05) is 18.2 Å². The molecule has 1 aromatic carbocycles. The minimum absolute atomic E-state index is 0.0247. The number of hydrogen-bond donors (Lipinski definition) is 2. The molecule has 7 nitrogen and oxygen atoms in total. The van der Waals surface area contributed by atoms with Crippen LogP contribution in [0.5, 0.6) is 0 Å². The average Bonchev–Trinajstić information content (AvgIpc) is 2.68. The number of oxazole rings is 1. The summed E-state index contributed by atoms with van der Waals surface area (Å²) in [6.45, 7) is 4.22. The van der Waals surface area contributed by atoms with Gasteiger partial charge >= 0.3 is 0 Å². The first-order valence-corrected chi connectivity index (χ1v) is 5.44. The van der Waals surface area contributed by atoms with E-state index >= 15 is 0 Å². The van der Waals surface area contributed by atoms with Gasteiger partial charge in [-0.2, -0.15) is 4.98 Å². The third-order valence-corrected chi connectivity index (χ3v) is 2.54. The van der Waals surface area contributed by atoms with Gasteiger partial charge in [0.15, 0.2) is 5.58 Å². The minimum Gasteiger partial charge on any atom is -0.423 e. The van der Waals surface area contributed by atoms with Gasteiger partial charge in [-0.1, -0.05) is 0 Å². The van der Waals surface area contributed by atoms with Crippen LogP contribution in [0.1, 0.15) is 13.8 Å². The largest absolute Gasteiger partial charge is 0.423 e. The summed E-state index contributed by atoms with van der Waals surface area (Å²) < 4.78 is 5.41. The van der Waals surface area contributed by atoms with Crippen LogP contribution in [0.4, 0.5) is 11.7 Å². The number of fused-ring (bicyclic) bond motifs is 1. The van der Waals surface area contributed by atoms with Gasteiger partial charge < -0.3 is 15.5 Å². The SMILES string of the molecule is CC(C)(CN)Nc1nc2ccc([N+](=O)[O-])cc2o1. The van der Waals surface area contributed by atoms with Gasteiger partial charge in [0.25, 0.3) is 11.7 Å². The molecule has 0 saturated carbocycles. The number of benzene rings is 1. The molecule has 0 aliphatic carbocycles. The number of nitro groups is 1. The second-order valence-corrected chi connectivity index (χ2v) is 4.64. The lowest BCUT2D eigenvalue weighted by Gasteiger charge is -2.22. The molecule has 2 rings (SSSR count). The Morgan fingerprint density at radius 2 is 2.28 bits per heavy atom. The molecule has 1 heterocycles. The number of nitrogens with one attached hydrogen (secondary N) is 1. The van der Waals surface area contributed by atoms with E-state index in [9.17, 15) is 10.1 Å². The van der Waals surface area contributed by atoms with Crippen LogP contribution in [0, 0.1) is 10.1 Å². The van der Waals surface area contributed by atoms with Crippen molar-refractivity contribution in [1.29, 1.82) is 0 Å². The molecule has 2 aromatic rings. The van der Waals surface area contributed by atoms with Crippen LogP contribution in [0.15, 0.2) is 22.6 Å². The van der Waals surface area contributed by atoms with Gasteiger partial charge in [0.05, 0.1) is 11.0 Å². The summed E-state index contributed by atoms with van der Waals surface area (Å²) >= 11 is 0. The molecular weight excluding hydrogens is 236 g/mol. The van der Waals surface area contributed by atoms with Crippen LogP contribution in [0.3, 0.4) is 0 Å². The topological polar surface area (TPSA) is 107 Å². The summed E-state index contributed by atoms with van der Waals surface area (Å²) in [4.78, 5) is 14.4. The average molecular weight is 250 g/mol. The highest BCUT2D eigenvalue weighted by molar-refractivity contribution is 5.77. The number of nitrogens with two attached hydrogens (primary N) is 1. The quantitative estimate of drug-likeness (QED) is 0.633. The molecule has 0 atom stereocenters. The first-order valence-electron chi connectivity index (χ1n) is 5.44. The predicted octanol–water partition coefficient (Wildman–Crippen LogP) is 1.89. The molecular formula is C11H14N4O3. The fourth-order valence-corrected chi connectivity index (χ4v) is 1.42. The Labute approximate surface area is 103 Å². The summed E-state index contributed by atoms with van der Waals surface area (Å²) in [5.74, 6) is 0. The van der Waals surface area contributed by atoms with Gasteiger partial charge in [-0.05, 0) is 19.9 Å². The van der Waals surface area contributed by atoms with Crippen molar-refractivity contribution >= 4 is 22.8 Å². The molecule has 0 aliphatic heterocycles. The smallest absolute Gasteiger partial charge is 0.296 e.